The molecule has 15 heavy (non-hydrogen) atoms. The molecule has 0 unspecified atom stereocenters. The SMILES string of the molecule is CCNCc1cccc(NC(=O)NC)c1. The molecule has 0 aliphatic carbocycles. The van der Waals surface area contributed by atoms with Gasteiger partial charge in [0, 0.05) is 19.3 Å². The van der Waals surface area contributed by atoms with E-state index in [0.29, 0.717) is 0 Å². The van der Waals surface area contributed by atoms with Crippen LogP contribution in [-0.4, -0.2) is 19.6 Å². The zero-order valence-corrected chi connectivity index (χ0v) is 9.13. The maximum Gasteiger partial charge on any atom is 0.318 e. The third-order valence-corrected chi connectivity index (χ3v) is 1.99. The molecule has 0 radical (unpaired) electrons. The lowest BCUT2D eigenvalue weighted by Gasteiger charge is -2.07. The van der Waals surface area contributed by atoms with Gasteiger partial charge in [0.1, 0.15) is 0 Å². The van der Waals surface area contributed by atoms with E-state index in [4.69, 9.17) is 0 Å². The molecule has 0 fully saturated rings. The molecule has 2 amide bonds. The molecule has 82 valence electrons. The van der Waals surface area contributed by atoms with Crippen LogP contribution in [-0.2, 0) is 6.54 Å². The molecule has 0 bridgehead atoms. The molecule has 0 atom stereocenters. The molecule has 1 rings (SSSR count). The van der Waals surface area contributed by atoms with E-state index in [1.165, 1.54) is 0 Å². The van der Waals surface area contributed by atoms with Gasteiger partial charge in [0.05, 0.1) is 0 Å². The lowest BCUT2D eigenvalue weighted by Crippen LogP contribution is -2.24. The number of hydrogen-bond acceptors (Lipinski definition) is 2. The molecule has 0 heterocycles. The lowest BCUT2D eigenvalue weighted by atomic mass is 10.2. The molecular weight excluding hydrogens is 190 g/mol. The smallest absolute Gasteiger partial charge is 0.318 e. The summed E-state index contributed by atoms with van der Waals surface area (Å²) in [5, 5.41) is 8.47. The van der Waals surface area contributed by atoms with Crippen LogP contribution in [0.25, 0.3) is 0 Å². The number of benzene rings is 1. The molecule has 0 saturated heterocycles. The monoisotopic (exact) mass is 207 g/mol. The van der Waals surface area contributed by atoms with Gasteiger partial charge in [-0.2, -0.15) is 0 Å². The maximum absolute atomic E-state index is 11.1. The summed E-state index contributed by atoms with van der Waals surface area (Å²) < 4.78 is 0. The van der Waals surface area contributed by atoms with Crippen LogP contribution in [0.15, 0.2) is 24.3 Å². The molecule has 0 aromatic heterocycles. The van der Waals surface area contributed by atoms with Crippen LogP contribution in [0.4, 0.5) is 10.5 Å². The maximum atomic E-state index is 11.1. The Labute approximate surface area is 90.1 Å². The summed E-state index contributed by atoms with van der Waals surface area (Å²) in [6.07, 6.45) is 0. The molecule has 1 aromatic carbocycles. The normalized spacial score (nSPS) is 9.73. The summed E-state index contributed by atoms with van der Waals surface area (Å²) in [4.78, 5) is 11.1. The Morgan fingerprint density at radius 1 is 1.40 bits per heavy atom. The number of anilines is 1. The van der Waals surface area contributed by atoms with Crippen LogP contribution in [0.3, 0.4) is 0 Å². The zero-order valence-electron chi connectivity index (χ0n) is 9.13. The third kappa shape index (κ3) is 3.99. The van der Waals surface area contributed by atoms with E-state index in [1.54, 1.807) is 7.05 Å². The second-order valence-corrected chi connectivity index (χ2v) is 3.18. The van der Waals surface area contributed by atoms with Crippen LogP contribution in [0.5, 0.6) is 0 Å². The fourth-order valence-corrected chi connectivity index (χ4v) is 1.22. The fraction of sp³-hybridized carbons (Fsp3) is 0.364. The largest absolute Gasteiger partial charge is 0.341 e. The molecule has 0 aliphatic heterocycles. The molecule has 0 aliphatic rings. The van der Waals surface area contributed by atoms with Crippen LogP contribution in [0, 0.1) is 0 Å². The van der Waals surface area contributed by atoms with Gasteiger partial charge in [-0.15, -0.1) is 0 Å². The van der Waals surface area contributed by atoms with Crippen molar-refractivity contribution in [2.45, 2.75) is 13.5 Å². The van der Waals surface area contributed by atoms with Crippen molar-refractivity contribution in [3.63, 3.8) is 0 Å². The van der Waals surface area contributed by atoms with E-state index < -0.39 is 0 Å². The van der Waals surface area contributed by atoms with Gasteiger partial charge in [-0.25, -0.2) is 4.79 Å². The van der Waals surface area contributed by atoms with E-state index in [0.717, 1.165) is 24.3 Å². The third-order valence-electron chi connectivity index (χ3n) is 1.99. The Hall–Kier alpha value is -1.55. The van der Waals surface area contributed by atoms with Gasteiger partial charge >= 0.3 is 6.03 Å². The second-order valence-electron chi connectivity index (χ2n) is 3.18. The van der Waals surface area contributed by atoms with Crippen LogP contribution >= 0.6 is 0 Å². The summed E-state index contributed by atoms with van der Waals surface area (Å²) in [6.45, 7) is 3.82. The van der Waals surface area contributed by atoms with Crippen molar-refractivity contribution < 1.29 is 4.79 Å². The summed E-state index contributed by atoms with van der Waals surface area (Å²) in [5.74, 6) is 0. The van der Waals surface area contributed by atoms with Crippen molar-refractivity contribution in [2.75, 3.05) is 18.9 Å². The Morgan fingerprint density at radius 2 is 2.20 bits per heavy atom. The van der Waals surface area contributed by atoms with Crippen LogP contribution in [0.1, 0.15) is 12.5 Å². The van der Waals surface area contributed by atoms with Gasteiger partial charge in [-0.05, 0) is 24.2 Å². The Balaban J connectivity index is 2.61. The highest BCUT2D eigenvalue weighted by Crippen LogP contribution is 2.10. The van der Waals surface area contributed by atoms with Gasteiger partial charge in [-0.1, -0.05) is 19.1 Å². The van der Waals surface area contributed by atoms with Gasteiger partial charge in [0.25, 0.3) is 0 Å². The Morgan fingerprint density at radius 3 is 2.87 bits per heavy atom. The minimum atomic E-state index is -0.199. The number of carbonyl (C=O) groups excluding carboxylic acids is 1. The minimum Gasteiger partial charge on any atom is -0.341 e. The van der Waals surface area contributed by atoms with Gasteiger partial charge in [-0.3, -0.25) is 0 Å². The van der Waals surface area contributed by atoms with Crippen molar-refractivity contribution in [1.82, 2.24) is 10.6 Å². The molecule has 3 N–H and O–H groups in total. The highest BCUT2D eigenvalue weighted by Gasteiger charge is 1.99. The fourth-order valence-electron chi connectivity index (χ4n) is 1.22. The van der Waals surface area contributed by atoms with E-state index in [1.807, 2.05) is 24.3 Å². The summed E-state index contributed by atoms with van der Waals surface area (Å²) in [6, 6.07) is 7.58. The van der Waals surface area contributed by atoms with Crippen molar-refractivity contribution in [3.8, 4) is 0 Å². The van der Waals surface area contributed by atoms with Crippen molar-refractivity contribution in [2.24, 2.45) is 0 Å². The Kier molecular flexibility index (Phi) is 4.63. The quantitative estimate of drug-likeness (QED) is 0.701. The number of rotatable bonds is 4. The number of carbonyl (C=O) groups is 1. The Bertz CT molecular complexity index is 325. The van der Waals surface area contributed by atoms with Crippen molar-refractivity contribution in [3.05, 3.63) is 29.8 Å². The van der Waals surface area contributed by atoms with E-state index >= 15 is 0 Å². The molecule has 4 heteroatoms. The lowest BCUT2D eigenvalue weighted by molar-refractivity contribution is 0.254. The van der Waals surface area contributed by atoms with E-state index in [2.05, 4.69) is 22.9 Å². The van der Waals surface area contributed by atoms with Gasteiger partial charge in [0.15, 0.2) is 0 Å². The van der Waals surface area contributed by atoms with Crippen LogP contribution in [0.2, 0.25) is 0 Å². The minimum absolute atomic E-state index is 0.199. The highest BCUT2D eigenvalue weighted by molar-refractivity contribution is 5.89. The summed E-state index contributed by atoms with van der Waals surface area (Å²) in [5.41, 5.74) is 1.97. The first-order valence-corrected chi connectivity index (χ1v) is 5.04. The number of urea groups is 1. The number of nitrogens with one attached hydrogen (secondary N) is 3. The molecule has 4 nitrogen and oxygen atoms in total. The number of amides is 2. The average Bonchev–Trinajstić information content (AvgIpc) is 2.26. The van der Waals surface area contributed by atoms with E-state index in [-0.39, 0.29) is 6.03 Å². The average molecular weight is 207 g/mol. The molecule has 0 saturated carbocycles. The summed E-state index contributed by atoms with van der Waals surface area (Å²) in [7, 11) is 1.60. The predicted molar refractivity (Wildman–Crippen MR) is 61.9 cm³/mol. The molecule has 1 aromatic rings. The van der Waals surface area contributed by atoms with Gasteiger partial charge < -0.3 is 16.0 Å². The first-order chi connectivity index (χ1) is 7.26. The van der Waals surface area contributed by atoms with Crippen LogP contribution < -0.4 is 16.0 Å². The second kappa shape index (κ2) is 6.03. The molecule has 0 spiro atoms. The highest BCUT2D eigenvalue weighted by atomic mass is 16.2. The summed E-state index contributed by atoms with van der Waals surface area (Å²) >= 11 is 0. The first-order valence-electron chi connectivity index (χ1n) is 5.04. The van der Waals surface area contributed by atoms with Gasteiger partial charge in [0.2, 0.25) is 0 Å². The first kappa shape index (κ1) is 11.5. The van der Waals surface area contributed by atoms with Crippen molar-refractivity contribution in [1.29, 1.82) is 0 Å². The standard InChI is InChI=1S/C11H17N3O/c1-3-13-8-9-5-4-6-10(7-9)14-11(15)12-2/h4-7,13H,3,8H2,1-2H3,(H2,12,14,15). The number of hydrogen-bond donors (Lipinski definition) is 3. The zero-order chi connectivity index (χ0) is 11.1. The van der Waals surface area contributed by atoms with E-state index in [9.17, 15) is 4.79 Å². The molecular formula is C11H17N3O. The predicted octanol–water partition coefficient (Wildman–Crippen LogP) is 1.55. The topological polar surface area (TPSA) is 53.2 Å². The van der Waals surface area contributed by atoms with Crippen molar-refractivity contribution >= 4 is 11.7 Å².